The molecule has 0 spiro atoms. The molecule has 0 aromatic heterocycles. The predicted molar refractivity (Wildman–Crippen MR) is 608 cm³/mol. The van der Waals surface area contributed by atoms with Gasteiger partial charge in [0.15, 0.2) is 52.1 Å². The molecule has 0 aromatic rings. The third-order valence-electron chi connectivity index (χ3n) is 30.9. The molecule has 0 unspecified atom stereocenters. The van der Waals surface area contributed by atoms with Crippen LogP contribution in [0.5, 0.6) is 0 Å². The number of hydrogen-bond donors (Lipinski definition) is 0. The van der Waals surface area contributed by atoms with Crippen molar-refractivity contribution in [2.75, 3.05) is 119 Å². The first-order chi connectivity index (χ1) is 70.5. The third kappa shape index (κ3) is 71.4. The maximum absolute atomic E-state index is 6.05. The Labute approximate surface area is 895 Å². The van der Waals surface area contributed by atoms with Gasteiger partial charge >= 0.3 is 0 Å². The van der Waals surface area contributed by atoms with Crippen molar-refractivity contribution in [2.24, 2.45) is 0 Å². The van der Waals surface area contributed by atoms with Crippen molar-refractivity contribution < 1.29 is 85.3 Å². The van der Waals surface area contributed by atoms with Crippen LogP contribution in [0.2, 0.25) is 0 Å². The molecule has 0 aliphatic heterocycles. The first-order valence-corrected chi connectivity index (χ1v) is 64.0. The van der Waals surface area contributed by atoms with Gasteiger partial charge in [0.05, 0.1) is 0 Å². The van der Waals surface area contributed by atoms with Crippen LogP contribution in [0.15, 0.2) is 0 Å². The third-order valence-corrected chi connectivity index (χ3v) is 30.9. The predicted octanol–water partition coefficient (Wildman–Crippen LogP) is 38.5. The molecule has 0 saturated heterocycles. The Hall–Kier alpha value is -0.720. The smallest absolute Gasteiger partial charge is 0.168 e. The quantitative estimate of drug-likeness (QED) is 0.0429. The summed E-state index contributed by atoms with van der Waals surface area (Å²) in [5.41, 5.74) is 0. The van der Waals surface area contributed by atoms with Gasteiger partial charge in [-0.25, -0.2) is 0 Å². The summed E-state index contributed by atoms with van der Waals surface area (Å²) >= 11 is 0. The van der Waals surface area contributed by atoms with E-state index in [1.807, 2.05) is 27.7 Å². The number of hydrogen-bond acceptors (Lipinski definition) is 18. The molecule has 9 saturated carbocycles. The molecule has 864 valence electrons. The van der Waals surface area contributed by atoms with Gasteiger partial charge in [0.1, 0.15) is 0 Å². The van der Waals surface area contributed by atoms with Crippen molar-refractivity contribution in [2.45, 2.75) is 697 Å². The van der Waals surface area contributed by atoms with Crippen molar-refractivity contribution in [1.82, 2.24) is 0 Å². The molecule has 18 nitrogen and oxygen atoms in total. The molecule has 9 fully saturated rings. The van der Waals surface area contributed by atoms with Gasteiger partial charge in [-0.2, -0.15) is 0 Å². The monoisotopic (exact) mass is 2050 g/mol. The van der Waals surface area contributed by atoms with E-state index >= 15 is 0 Å². The van der Waals surface area contributed by atoms with Crippen LogP contribution in [0.25, 0.3) is 0 Å². The van der Waals surface area contributed by atoms with Crippen molar-refractivity contribution in [1.29, 1.82) is 0 Å². The summed E-state index contributed by atoms with van der Waals surface area (Å²) in [5, 5.41) is 0. The molecular formula is C126H252O18. The molecule has 0 bridgehead atoms. The van der Waals surface area contributed by atoms with Crippen LogP contribution in [0.1, 0.15) is 645 Å². The van der Waals surface area contributed by atoms with E-state index in [0.29, 0.717) is 0 Å². The summed E-state index contributed by atoms with van der Waals surface area (Å²) in [4.78, 5) is 0. The van der Waals surface area contributed by atoms with Crippen molar-refractivity contribution in [3.05, 3.63) is 0 Å². The largest absolute Gasteiger partial charge is 0.350 e. The van der Waals surface area contributed by atoms with E-state index < -0.39 is 0 Å². The minimum atomic E-state index is -0.284. The number of ether oxygens (including phenoxy) is 18. The average molecular weight is 2060 g/mol. The molecule has 0 aromatic carbocycles. The lowest BCUT2D eigenvalue weighted by Gasteiger charge is -2.36. The lowest BCUT2D eigenvalue weighted by molar-refractivity contribution is -0.248. The van der Waals surface area contributed by atoms with Crippen molar-refractivity contribution in [3.63, 3.8) is 0 Å². The van der Waals surface area contributed by atoms with E-state index in [1.165, 1.54) is 405 Å². The highest BCUT2D eigenvalue weighted by molar-refractivity contribution is 4.81. The van der Waals surface area contributed by atoms with E-state index in [0.717, 1.165) is 234 Å². The molecular weight excluding hydrogens is 1800 g/mol. The van der Waals surface area contributed by atoms with Gasteiger partial charge in [0.25, 0.3) is 0 Å². The normalized spacial score (nSPS) is 22.9. The molecule has 0 radical (unpaired) electrons. The van der Waals surface area contributed by atoms with Gasteiger partial charge in [-0.3, -0.25) is 0 Å². The molecule has 9 aliphatic rings. The van der Waals surface area contributed by atoms with Crippen LogP contribution in [-0.2, 0) is 85.3 Å². The van der Waals surface area contributed by atoms with Crippen LogP contribution in [0, 0.1) is 0 Å². The first kappa shape index (κ1) is 141. The molecule has 144 heavy (non-hydrogen) atoms. The summed E-state index contributed by atoms with van der Waals surface area (Å²) in [6, 6.07) is 0. The average Bonchev–Trinajstić information content (AvgIpc) is 1.04. The molecule has 0 amide bonds. The van der Waals surface area contributed by atoms with E-state index in [1.54, 1.807) is 0 Å². The Morgan fingerprint density at radius 3 is 0.167 bits per heavy atom. The minimum absolute atomic E-state index is 0.220. The maximum atomic E-state index is 6.05. The molecule has 18 heteroatoms. The van der Waals surface area contributed by atoms with E-state index in [4.69, 9.17) is 85.3 Å². The second-order valence-electron chi connectivity index (χ2n) is 42.8. The van der Waals surface area contributed by atoms with Gasteiger partial charge in [0.2, 0.25) is 0 Å². The van der Waals surface area contributed by atoms with Crippen molar-refractivity contribution >= 4 is 0 Å². The summed E-state index contributed by atoms with van der Waals surface area (Å²) < 4.78 is 106. The van der Waals surface area contributed by atoms with Crippen LogP contribution < -0.4 is 0 Å². The van der Waals surface area contributed by atoms with Gasteiger partial charge in [0, 0.05) is 234 Å². The lowest BCUT2D eigenvalue weighted by atomic mass is 9.94. The Morgan fingerprint density at radius 2 is 0.118 bits per heavy atom. The summed E-state index contributed by atoms with van der Waals surface area (Å²) in [7, 11) is 0. The minimum Gasteiger partial charge on any atom is -0.350 e. The number of rotatable bonds is 36. The fourth-order valence-corrected chi connectivity index (χ4v) is 23.9. The van der Waals surface area contributed by atoms with Gasteiger partial charge in [-0.15, -0.1) is 0 Å². The Kier molecular flexibility index (Phi) is 96.1. The standard InChI is InChI=1S/C18H36O2.C17H34O2.C16H32O2.C15H30O2.C14H28O2.C13H26O2.C12H24O2.C11H22O2.C10H20O2/c1-3-19-18(20-4-2)16-14-12-10-8-6-5-7-9-11-13-15-17-18;1-3-18-17(19-4-2)15-13-11-9-7-5-6-8-10-12-14-16-17;1-3-17-16(18-4-2)14-12-10-8-6-5-7-9-11-13-15-16;1-3-16-15(17-4-2)13-11-9-7-5-6-8-10-12-14-15;1-3-15-14(16-4-2)12-10-8-6-5-7-9-11-13-14;1-3-14-13(15-4-2)11-9-7-5-6-8-10-12-13;1-3-13-12(14-4-2)10-8-6-5-7-9-11-12;1-3-12-11(13-4-2)9-7-5-6-8-10-11;1-3-11-10(12-4-2)8-6-5-7-9-10/h3-17H2,1-2H3;3-16H2,1-2H3;3-15H2,1-2H3;3-14H2,1-2H3;3-13H2,1-2H3;3-12H2,1-2H3;3-11H2,1-2H3;3-10H2,1-2H3;3-9H2,1-2H3. The van der Waals surface area contributed by atoms with Crippen molar-refractivity contribution in [3.8, 4) is 0 Å². The fraction of sp³-hybridized carbons (Fsp3) is 1.00. The maximum Gasteiger partial charge on any atom is 0.168 e. The lowest BCUT2D eigenvalue weighted by Crippen LogP contribution is -2.38. The van der Waals surface area contributed by atoms with Crippen LogP contribution in [-0.4, -0.2) is 171 Å². The first-order valence-electron chi connectivity index (χ1n) is 64.0. The van der Waals surface area contributed by atoms with Crippen LogP contribution in [0.3, 0.4) is 0 Å². The van der Waals surface area contributed by atoms with Gasteiger partial charge in [-0.05, 0) is 240 Å². The SMILES string of the molecule is CCOC1(OCC)CCCCC1.CCOC1(OCC)CCCCCC1.CCOC1(OCC)CCCCCCC1.CCOC1(OCC)CCCCCCCC1.CCOC1(OCC)CCCCCCCCC1.CCOC1(OCC)CCCCCCCCCC1.CCOC1(OCC)CCCCCCCCCCC1.CCOC1(OCC)CCCCCCCCCCCC1.CCOC1(OCC)CCCCCCCCCCCCC1. The van der Waals surface area contributed by atoms with E-state index in [9.17, 15) is 0 Å². The zero-order valence-electron chi connectivity index (χ0n) is 99.9. The topological polar surface area (TPSA) is 166 Å². The van der Waals surface area contributed by atoms with Crippen LogP contribution in [0.4, 0.5) is 0 Å². The van der Waals surface area contributed by atoms with E-state index in [2.05, 4.69) is 96.9 Å². The van der Waals surface area contributed by atoms with Crippen LogP contribution >= 0.6 is 0 Å². The summed E-state index contributed by atoms with van der Waals surface area (Å²) in [6.45, 7) is 51.0. The highest BCUT2D eigenvalue weighted by Crippen LogP contribution is 2.40. The summed E-state index contributed by atoms with van der Waals surface area (Å²) in [5.74, 6) is -2.33. The summed E-state index contributed by atoms with van der Waals surface area (Å²) in [6.07, 6.45) is 104. The zero-order valence-corrected chi connectivity index (χ0v) is 99.9. The second-order valence-corrected chi connectivity index (χ2v) is 42.8. The molecule has 0 atom stereocenters. The highest BCUT2D eigenvalue weighted by atomic mass is 16.7. The molecule has 9 rings (SSSR count). The molecule has 9 aliphatic carbocycles. The van der Waals surface area contributed by atoms with Gasteiger partial charge < -0.3 is 85.3 Å². The highest BCUT2D eigenvalue weighted by Gasteiger charge is 2.39. The molecule has 0 N–H and O–H groups in total. The Morgan fingerprint density at radius 1 is 0.0764 bits per heavy atom. The Balaban J connectivity index is 0.000000813. The Bertz CT molecular complexity index is 2420. The molecule has 0 heterocycles. The van der Waals surface area contributed by atoms with Gasteiger partial charge in [-0.1, -0.05) is 289 Å². The fourth-order valence-electron chi connectivity index (χ4n) is 23.9. The zero-order chi connectivity index (χ0) is 105. The van der Waals surface area contributed by atoms with E-state index in [-0.39, 0.29) is 52.1 Å². The second kappa shape index (κ2) is 97.9.